The Bertz CT molecular complexity index is 2150. The Kier molecular flexibility index (Phi) is 10.3. The first kappa shape index (κ1) is 37.1. The Labute approximate surface area is 312 Å². The fraction of sp³-hybridized carbons (Fsp3) is 0.289. The van der Waals surface area contributed by atoms with Crippen LogP contribution in [0.15, 0.2) is 87.8 Å². The molecule has 17 nitrogen and oxygen atoms in total. The molecule has 9 N–H and O–H groups in total. The van der Waals surface area contributed by atoms with Crippen molar-refractivity contribution < 1.29 is 69.6 Å². The van der Waals surface area contributed by atoms with Crippen LogP contribution in [0.3, 0.4) is 0 Å². The first-order chi connectivity index (χ1) is 26.4. The average Bonchev–Trinajstić information content (AvgIpc) is 3.82. The lowest BCUT2D eigenvalue weighted by Crippen LogP contribution is -2.69. The maximum Gasteiger partial charge on any atom is 0.336 e. The molecule has 0 spiro atoms. The number of carboxylic acids is 1. The number of phenols is 2. The van der Waals surface area contributed by atoms with Gasteiger partial charge < -0.3 is 59.4 Å². The van der Waals surface area contributed by atoms with Crippen molar-refractivity contribution in [3.8, 4) is 34.5 Å². The summed E-state index contributed by atoms with van der Waals surface area (Å²) in [6.45, 7) is 0.166. The molecule has 1 saturated heterocycles. The third-order valence-corrected chi connectivity index (χ3v) is 9.24. The third kappa shape index (κ3) is 7.72. The number of allylic oxidation sites excluding steroid dienone is 1. The molecule has 286 valence electrons. The molecule has 55 heavy (non-hydrogen) atoms. The highest BCUT2D eigenvalue weighted by Crippen LogP contribution is 2.51. The summed E-state index contributed by atoms with van der Waals surface area (Å²) in [4.78, 5) is 24.4. The van der Waals surface area contributed by atoms with Crippen molar-refractivity contribution in [2.24, 2.45) is 15.0 Å². The molecule has 0 bridgehead atoms. The number of carboxylic acid groups (broad SMARTS) is 1. The number of benzene rings is 3. The van der Waals surface area contributed by atoms with Gasteiger partial charge in [-0.15, -0.1) is 0 Å². The molecule has 7 rings (SSSR count). The number of nitrogens with zero attached hydrogens (tertiary/aromatic N) is 3. The van der Waals surface area contributed by atoms with Gasteiger partial charge in [0, 0.05) is 36.8 Å². The molecular weight excluding hydrogens is 720 g/mol. The lowest BCUT2D eigenvalue weighted by atomic mass is 9.80. The first-order valence-corrected chi connectivity index (χ1v) is 17.1. The Morgan fingerprint density at radius 3 is 2.53 bits per heavy atom. The lowest BCUT2D eigenvalue weighted by molar-refractivity contribution is -0.303. The van der Waals surface area contributed by atoms with Crippen LogP contribution < -0.4 is 24.4 Å². The van der Waals surface area contributed by atoms with E-state index in [4.69, 9.17) is 29.1 Å². The van der Waals surface area contributed by atoms with E-state index in [9.17, 15) is 40.5 Å². The van der Waals surface area contributed by atoms with Crippen LogP contribution in [0.5, 0.6) is 34.5 Å². The number of aromatic hydroxyl groups is 2. The molecule has 6 atom stereocenters. The molecule has 4 heterocycles. The van der Waals surface area contributed by atoms with Gasteiger partial charge in [-0.3, -0.25) is 10.4 Å². The summed E-state index contributed by atoms with van der Waals surface area (Å²) >= 11 is 0. The highest BCUT2D eigenvalue weighted by molar-refractivity contribution is 6.13. The second-order valence-electron chi connectivity index (χ2n) is 13.1. The van der Waals surface area contributed by atoms with Crippen molar-refractivity contribution in [1.29, 1.82) is 0 Å². The molecule has 3 aromatic carbocycles. The number of hydrogen-bond donors (Lipinski definition) is 8. The SMILES string of the molecule is [NH2+]=C1C=CC(CCOc2ccc(C3C=C(O)c4c(cc(O[C@@H]5O[C@H](C(=O)O)[C@](O)(CC6=NC=NC6)[C@@H](O)[C@H]5O)c(OCc5cccc(O)c5)c4O)O3)cc2)=N1. The zero-order chi connectivity index (χ0) is 38.9. The van der Waals surface area contributed by atoms with Crippen molar-refractivity contribution >= 4 is 35.3 Å². The molecular formula is C38H37N4O13+. The number of rotatable bonds is 13. The Hall–Kier alpha value is -6.27. The smallest absolute Gasteiger partial charge is 0.336 e. The third-order valence-electron chi connectivity index (χ3n) is 9.24. The normalized spacial score (nSPS) is 25.4. The molecule has 17 heteroatoms. The molecule has 4 aliphatic rings. The number of phenolic OH excluding ortho intramolecular Hbond substituents is 2. The van der Waals surface area contributed by atoms with Crippen molar-refractivity contribution in [3.05, 3.63) is 89.5 Å². The van der Waals surface area contributed by atoms with Crippen LogP contribution in [0, 0.1) is 0 Å². The standard InChI is InChI=1S/C38H36N4O13/c39-29-9-6-21(42-29)10-11-51-24-7-4-20(5-8-24)26-13-25(44)30-27(53-26)14-28(33(31(30)45)52-17-19-2-1-3-23(43)12-19)54-37-32(46)34(47)38(50,35(55-37)36(48)49)15-22-16-40-18-41-22/h1-9,12-14,18,26,32,34-35,37,39,43-47,50H,10-11,15-17H2,(H,48,49)/p+1/t26?,32-,34+,35-,37-,38+/m1/s1. The largest absolute Gasteiger partial charge is 0.508 e. The van der Waals surface area contributed by atoms with Gasteiger partial charge in [-0.1, -0.05) is 24.3 Å². The van der Waals surface area contributed by atoms with Gasteiger partial charge in [-0.05, 0) is 46.5 Å². The maximum absolute atomic E-state index is 12.4. The number of aliphatic carboxylic acids is 1. The first-order valence-electron chi connectivity index (χ1n) is 17.1. The van der Waals surface area contributed by atoms with Gasteiger partial charge in [0.2, 0.25) is 12.0 Å². The molecule has 0 aliphatic carbocycles. The summed E-state index contributed by atoms with van der Waals surface area (Å²) in [6, 6.07) is 14.2. The van der Waals surface area contributed by atoms with Crippen LogP contribution in [0.25, 0.3) is 5.76 Å². The summed E-state index contributed by atoms with van der Waals surface area (Å²) in [5.74, 6) is -2.58. The number of fused-ring (bicyclic) bond motifs is 1. The molecule has 0 aromatic heterocycles. The molecule has 3 aromatic rings. The summed E-state index contributed by atoms with van der Waals surface area (Å²) in [5.41, 5.74) is -0.581. The van der Waals surface area contributed by atoms with Crippen LogP contribution in [-0.4, -0.2) is 109 Å². The fourth-order valence-corrected chi connectivity index (χ4v) is 6.49. The van der Waals surface area contributed by atoms with Gasteiger partial charge >= 0.3 is 11.8 Å². The number of ether oxygens (including phenoxy) is 5. The van der Waals surface area contributed by atoms with E-state index in [-0.39, 0.29) is 53.2 Å². The second-order valence-corrected chi connectivity index (χ2v) is 13.1. The number of carbonyl (C=O) groups is 1. The van der Waals surface area contributed by atoms with E-state index in [1.807, 2.05) is 6.08 Å². The highest BCUT2D eigenvalue weighted by atomic mass is 16.7. The number of hydrogen-bond acceptors (Lipinski definition) is 14. The van der Waals surface area contributed by atoms with Crippen LogP contribution in [-0.2, 0) is 16.1 Å². The van der Waals surface area contributed by atoms with Gasteiger partial charge in [-0.25, -0.2) is 9.79 Å². The number of aliphatic hydroxyl groups is 4. The van der Waals surface area contributed by atoms with Gasteiger partial charge in [0.25, 0.3) is 0 Å². The zero-order valence-corrected chi connectivity index (χ0v) is 28.9. The topological polar surface area (TPSA) is 268 Å². The van der Waals surface area contributed by atoms with Gasteiger partial charge in [0.1, 0.15) is 65.4 Å². The molecule has 0 radical (unpaired) electrons. The molecule has 0 saturated carbocycles. The predicted octanol–water partition coefficient (Wildman–Crippen LogP) is 1.16. The molecule has 1 unspecified atom stereocenters. The van der Waals surface area contributed by atoms with Gasteiger partial charge in [0.05, 0.1) is 13.2 Å². The van der Waals surface area contributed by atoms with Crippen molar-refractivity contribution in [2.45, 2.75) is 55.8 Å². The van der Waals surface area contributed by atoms with E-state index >= 15 is 0 Å². The van der Waals surface area contributed by atoms with E-state index in [2.05, 4.69) is 15.0 Å². The minimum Gasteiger partial charge on any atom is -0.508 e. The molecule has 4 aliphatic heterocycles. The minimum absolute atomic E-state index is 0.0513. The number of aliphatic imine (C=N–C) groups is 3. The average molecular weight is 758 g/mol. The maximum atomic E-state index is 12.4. The number of aliphatic hydroxyl groups excluding tert-OH is 3. The Balaban J connectivity index is 1.16. The van der Waals surface area contributed by atoms with Crippen LogP contribution in [0.2, 0.25) is 0 Å². The Morgan fingerprint density at radius 1 is 1.04 bits per heavy atom. The number of amidine groups is 1. The monoisotopic (exact) mass is 757 g/mol. The van der Waals surface area contributed by atoms with Crippen LogP contribution in [0.4, 0.5) is 0 Å². The van der Waals surface area contributed by atoms with Crippen molar-refractivity contribution in [2.75, 3.05) is 13.2 Å². The van der Waals surface area contributed by atoms with Crippen molar-refractivity contribution in [1.82, 2.24) is 0 Å². The molecule has 1 fully saturated rings. The summed E-state index contributed by atoms with van der Waals surface area (Å²) in [5, 5.41) is 82.1. The van der Waals surface area contributed by atoms with E-state index in [1.165, 1.54) is 30.6 Å². The second kappa shape index (κ2) is 15.2. The summed E-state index contributed by atoms with van der Waals surface area (Å²) < 4.78 is 29.4. The summed E-state index contributed by atoms with van der Waals surface area (Å²) in [7, 11) is 0. The van der Waals surface area contributed by atoms with E-state index in [1.54, 1.807) is 42.5 Å². The lowest BCUT2D eigenvalue weighted by Gasteiger charge is -2.46. The van der Waals surface area contributed by atoms with Gasteiger partial charge in [0.15, 0.2) is 23.3 Å². The van der Waals surface area contributed by atoms with Crippen molar-refractivity contribution in [3.63, 3.8) is 0 Å². The minimum atomic E-state index is -2.53. The highest BCUT2D eigenvalue weighted by Gasteiger charge is 2.59. The van der Waals surface area contributed by atoms with Crippen LogP contribution in [0.1, 0.15) is 35.6 Å². The Morgan fingerprint density at radius 2 is 1.84 bits per heavy atom. The fourth-order valence-electron chi connectivity index (χ4n) is 6.49. The number of nitrogens with two attached hydrogens (primary N) is 1. The summed E-state index contributed by atoms with van der Waals surface area (Å²) in [6.07, 6.45) is -2.91. The van der Waals surface area contributed by atoms with E-state index < -0.39 is 54.4 Å². The van der Waals surface area contributed by atoms with E-state index in [0.717, 1.165) is 5.71 Å². The van der Waals surface area contributed by atoms with E-state index in [0.29, 0.717) is 35.7 Å². The van der Waals surface area contributed by atoms with Crippen LogP contribution >= 0.6 is 0 Å². The zero-order valence-electron chi connectivity index (χ0n) is 28.9. The quantitative estimate of drug-likeness (QED) is 0.122. The van der Waals surface area contributed by atoms with Gasteiger partial charge in [-0.2, -0.15) is 0 Å². The predicted molar refractivity (Wildman–Crippen MR) is 194 cm³/mol. The molecule has 0 amide bonds.